The van der Waals surface area contributed by atoms with Crippen molar-refractivity contribution in [2.45, 2.75) is 20.0 Å². The van der Waals surface area contributed by atoms with E-state index in [0.29, 0.717) is 6.10 Å². The summed E-state index contributed by atoms with van der Waals surface area (Å²) < 4.78 is 4.67. The van der Waals surface area contributed by atoms with Gasteiger partial charge in [-0.25, -0.2) is 0 Å². The van der Waals surface area contributed by atoms with E-state index < -0.39 is 0 Å². The molecule has 0 amide bonds. The highest BCUT2D eigenvalue weighted by molar-refractivity contribution is 7.09. The third kappa shape index (κ3) is 4.39. The van der Waals surface area contributed by atoms with Crippen molar-refractivity contribution in [2.24, 2.45) is 0 Å². The lowest BCUT2D eigenvalue weighted by Crippen LogP contribution is -1.88. The van der Waals surface area contributed by atoms with Crippen LogP contribution < -0.4 is 0 Å². The van der Waals surface area contributed by atoms with Crippen LogP contribution in [0.1, 0.15) is 13.8 Å². The van der Waals surface area contributed by atoms with Gasteiger partial charge in [0.1, 0.15) is 0 Å². The first-order valence-electron chi connectivity index (χ1n) is 1.63. The van der Waals surface area contributed by atoms with E-state index in [1.54, 1.807) is 0 Å². The van der Waals surface area contributed by atoms with Crippen LogP contribution in [0.2, 0.25) is 0 Å². The van der Waals surface area contributed by atoms with Crippen LogP contribution in [-0.4, -0.2) is 6.10 Å². The van der Waals surface area contributed by atoms with E-state index in [4.69, 9.17) is 0 Å². The first-order chi connectivity index (χ1) is 2.27. The SMILES string of the molecule is CC(C)OP. The lowest BCUT2D eigenvalue weighted by Gasteiger charge is -1.94. The van der Waals surface area contributed by atoms with Crippen molar-refractivity contribution < 1.29 is 4.52 Å². The lowest BCUT2D eigenvalue weighted by atomic mass is 10.5. The zero-order valence-electron chi connectivity index (χ0n) is 3.56. The Morgan fingerprint density at radius 1 is 1.60 bits per heavy atom. The van der Waals surface area contributed by atoms with Gasteiger partial charge < -0.3 is 4.52 Å². The predicted molar refractivity (Wildman–Crippen MR) is 25.9 cm³/mol. The second-order valence-corrected chi connectivity index (χ2v) is 1.46. The van der Waals surface area contributed by atoms with Crippen molar-refractivity contribution in [3.8, 4) is 0 Å². The van der Waals surface area contributed by atoms with E-state index in [1.165, 1.54) is 0 Å². The van der Waals surface area contributed by atoms with Gasteiger partial charge in [-0.3, -0.25) is 0 Å². The summed E-state index contributed by atoms with van der Waals surface area (Å²) in [6, 6.07) is 0. The Hall–Kier alpha value is 0.390. The van der Waals surface area contributed by atoms with E-state index in [1.807, 2.05) is 13.8 Å². The number of hydrogen-bond donors (Lipinski definition) is 0. The number of hydrogen-bond acceptors (Lipinski definition) is 1. The molecule has 0 aromatic rings. The van der Waals surface area contributed by atoms with Gasteiger partial charge in [0.25, 0.3) is 0 Å². The second kappa shape index (κ2) is 2.62. The van der Waals surface area contributed by atoms with Crippen LogP contribution in [0.4, 0.5) is 0 Å². The third-order valence-electron chi connectivity index (χ3n) is 0.272. The molecule has 0 fully saturated rings. The zero-order chi connectivity index (χ0) is 4.28. The molecule has 0 aliphatic rings. The summed E-state index contributed by atoms with van der Waals surface area (Å²) in [5.41, 5.74) is 0. The van der Waals surface area contributed by atoms with E-state index in [2.05, 4.69) is 14.0 Å². The van der Waals surface area contributed by atoms with Crippen LogP contribution in [0, 0.1) is 0 Å². The van der Waals surface area contributed by atoms with Gasteiger partial charge in [0.15, 0.2) is 0 Å². The van der Waals surface area contributed by atoms with Gasteiger partial charge in [0.2, 0.25) is 0 Å². The molecule has 0 spiro atoms. The van der Waals surface area contributed by atoms with Crippen molar-refractivity contribution in [2.75, 3.05) is 0 Å². The molecule has 0 aromatic heterocycles. The molecule has 0 heterocycles. The Labute approximate surface area is 35.0 Å². The predicted octanol–water partition coefficient (Wildman–Crippen LogP) is 1.20. The van der Waals surface area contributed by atoms with Crippen LogP contribution in [0.25, 0.3) is 0 Å². The fourth-order valence-corrected chi connectivity index (χ4v) is 0. The van der Waals surface area contributed by atoms with Gasteiger partial charge in [0.05, 0.1) is 6.10 Å². The highest BCUT2D eigenvalue weighted by atomic mass is 31.0. The molecule has 0 radical (unpaired) electrons. The minimum atomic E-state index is 0.347. The molecule has 0 saturated carbocycles. The Morgan fingerprint density at radius 3 is 1.80 bits per heavy atom. The molecular formula is C3H9OP. The molecule has 32 valence electrons. The van der Waals surface area contributed by atoms with Crippen molar-refractivity contribution in [1.29, 1.82) is 0 Å². The summed E-state index contributed by atoms with van der Waals surface area (Å²) in [7, 11) is 2.19. The van der Waals surface area contributed by atoms with Gasteiger partial charge in [0, 0.05) is 9.47 Å². The molecule has 1 atom stereocenters. The maximum atomic E-state index is 4.67. The van der Waals surface area contributed by atoms with Crippen molar-refractivity contribution >= 4 is 9.47 Å². The van der Waals surface area contributed by atoms with Crippen LogP contribution >= 0.6 is 9.47 Å². The fraction of sp³-hybridized carbons (Fsp3) is 1.00. The van der Waals surface area contributed by atoms with Gasteiger partial charge in [-0.2, -0.15) is 0 Å². The van der Waals surface area contributed by atoms with Gasteiger partial charge in [-0.1, -0.05) is 0 Å². The zero-order valence-corrected chi connectivity index (χ0v) is 4.72. The average molecular weight is 92.1 g/mol. The van der Waals surface area contributed by atoms with Crippen LogP contribution in [-0.2, 0) is 4.52 Å². The normalized spacial score (nSPS) is 9.60. The van der Waals surface area contributed by atoms with Gasteiger partial charge >= 0.3 is 0 Å². The second-order valence-electron chi connectivity index (χ2n) is 1.18. The highest BCUT2D eigenvalue weighted by Gasteiger charge is 1.79. The first kappa shape index (κ1) is 5.39. The minimum absolute atomic E-state index is 0.347. The molecule has 0 saturated heterocycles. The molecule has 0 bridgehead atoms. The van der Waals surface area contributed by atoms with Crippen molar-refractivity contribution in [3.05, 3.63) is 0 Å². The molecule has 0 aliphatic heterocycles. The summed E-state index contributed by atoms with van der Waals surface area (Å²) in [5, 5.41) is 0. The van der Waals surface area contributed by atoms with E-state index in [-0.39, 0.29) is 0 Å². The topological polar surface area (TPSA) is 9.23 Å². The summed E-state index contributed by atoms with van der Waals surface area (Å²) in [6.45, 7) is 3.96. The smallest absolute Gasteiger partial charge is 0.0554 e. The Bertz CT molecular complexity index is 20.9. The summed E-state index contributed by atoms with van der Waals surface area (Å²) in [4.78, 5) is 0. The van der Waals surface area contributed by atoms with Gasteiger partial charge in [-0.05, 0) is 13.8 Å². The Kier molecular flexibility index (Phi) is 2.82. The summed E-state index contributed by atoms with van der Waals surface area (Å²) >= 11 is 0. The molecule has 0 N–H and O–H groups in total. The van der Waals surface area contributed by atoms with Crippen molar-refractivity contribution in [3.63, 3.8) is 0 Å². The number of rotatable bonds is 1. The molecule has 1 unspecified atom stereocenters. The van der Waals surface area contributed by atoms with E-state index >= 15 is 0 Å². The third-order valence-corrected chi connectivity index (χ3v) is 0.816. The molecule has 2 heteroatoms. The van der Waals surface area contributed by atoms with Crippen LogP contribution in [0.3, 0.4) is 0 Å². The molecule has 5 heavy (non-hydrogen) atoms. The summed E-state index contributed by atoms with van der Waals surface area (Å²) in [5.74, 6) is 0. The van der Waals surface area contributed by atoms with Crippen LogP contribution in [0.15, 0.2) is 0 Å². The fourth-order valence-electron chi connectivity index (χ4n) is 0. The van der Waals surface area contributed by atoms with Gasteiger partial charge in [-0.15, -0.1) is 0 Å². The summed E-state index contributed by atoms with van der Waals surface area (Å²) in [6.07, 6.45) is 0.347. The monoisotopic (exact) mass is 92.0 g/mol. The molecule has 0 rings (SSSR count). The molecule has 0 aliphatic carbocycles. The maximum absolute atomic E-state index is 4.67. The lowest BCUT2D eigenvalue weighted by molar-refractivity contribution is 0.287. The largest absolute Gasteiger partial charge is 0.363 e. The maximum Gasteiger partial charge on any atom is 0.0554 e. The Balaban J connectivity index is 2.54. The quantitative estimate of drug-likeness (QED) is 0.441. The standard InChI is InChI=1S/C3H9OP/c1-3(2)4-5/h3H,5H2,1-2H3. The Morgan fingerprint density at radius 2 is 1.80 bits per heavy atom. The van der Waals surface area contributed by atoms with E-state index in [9.17, 15) is 0 Å². The highest BCUT2D eigenvalue weighted by Crippen LogP contribution is 1.91. The molecule has 1 nitrogen and oxygen atoms in total. The minimum Gasteiger partial charge on any atom is -0.363 e. The molecule has 0 aromatic carbocycles. The molecular weight excluding hydrogens is 83.0 g/mol. The average Bonchev–Trinajstić information content (AvgIpc) is 1.38. The van der Waals surface area contributed by atoms with E-state index in [0.717, 1.165) is 0 Å². The first-order valence-corrected chi connectivity index (χ1v) is 2.10. The van der Waals surface area contributed by atoms with Crippen LogP contribution in [0.5, 0.6) is 0 Å². The van der Waals surface area contributed by atoms with Crippen molar-refractivity contribution in [1.82, 2.24) is 0 Å².